The highest BCUT2D eigenvalue weighted by Gasteiger charge is 2.43. The molecule has 6 nitrogen and oxygen atoms in total. The Hall–Kier alpha value is -2.07. The third kappa shape index (κ3) is 3.77. The Morgan fingerprint density at radius 2 is 2.23 bits per heavy atom. The summed E-state index contributed by atoms with van der Waals surface area (Å²) < 4.78 is 5.48. The Balaban J connectivity index is 1.92. The van der Waals surface area contributed by atoms with Crippen molar-refractivity contribution in [3.8, 4) is 11.8 Å². The van der Waals surface area contributed by atoms with E-state index >= 15 is 0 Å². The van der Waals surface area contributed by atoms with Crippen LogP contribution in [0.5, 0.6) is 5.75 Å². The molecule has 2 rings (SSSR count). The van der Waals surface area contributed by atoms with Crippen molar-refractivity contribution < 1.29 is 19.4 Å². The van der Waals surface area contributed by atoms with Gasteiger partial charge in [-0.2, -0.15) is 5.26 Å². The number of nitrogens with one attached hydrogen (secondary N) is 1. The highest BCUT2D eigenvalue weighted by Crippen LogP contribution is 2.39. The lowest BCUT2D eigenvalue weighted by atomic mass is 9.98. The number of rotatable bonds is 5. The van der Waals surface area contributed by atoms with Gasteiger partial charge in [-0.15, -0.1) is 0 Å². The molecule has 1 atom stereocenters. The van der Waals surface area contributed by atoms with Crippen LogP contribution in [-0.2, 0) is 9.53 Å². The minimum atomic E-state index is -0.929. The zero-order chi connectivity index (χ0) is 16.3. The minimum Gasteiger partial charge on any atom is -0.507 e. The second-order valence-electron chi connectivity index (χ2n) is 5.37. The molecule has 1 aromatic carbocycles. The number of ether oxygens (including phenoxy) is 1. The van der Waals surface area contributed by atoms with Crippen LogP contribution >= 0.6 is 15.9 Å². The van der Waals surface area contributed by atoms with E-state index in [9.17, 15) is 14.7 Å². The zero-order valence-electron chi connectivity index (χ0n) is 11.9. The molecule has 116 valence electrons. The lowest BCUT2D eigenvalue weighted by Gasteiger charge is -2.22. The smallest absolute Gasteiger partial charge is 0.342 e. The summed E-state index contributed by atoms with van der Waals surface area (Å²) >= 11 is 3.18. The highest BCUT2D eigenvalue weighted by molar-refractivity contribution is 9.10. The Morgan fingerprint density at radius 3 is 2.82 bits per heavy atom. The summed E-state index contributed by atoms with van der Waals surface area (Å²) in [5.41, 5.74) is -0.964. The molecule has 1 amide bonds. The molecule has 0 aromatic heterocycles. The van der Waals surface area contributed by atoms with Gasteiger partial charge in [0, 0.05) is 4.47 Å². The minimum absolute atomic E-state index is 0.0348. The summed E-state index contributed by atoms with van der Waals surface area (Å²) in [4.78, 5) is 23.7. The van der Waals surface area contributed by atoms with Crippen molar-refractivity contribution in [2.24, 2.45) is 5.92 Å². The maximum Gasteiger partial charge on any atom is 0.342 e. The highest BCUT2D eigenvalue weighted by atomic mass is 79.9. The van der Waals surface area contributed by atoms with E-state index in [-0.39, 0.29) is 17.2 Å². The Bertz CT molecular complexity index is 651. The molecule has 0 radical (unpaired) electrons. The predicted octanol–water partition coefficient (Wildman–Crippen LogP) is 2.12. The fraction of sp³-hybridized carbons (Fsp3) is 0.400. The molecule has 0 spiro atoms. The van der Waals surface area contributed by atoms with Crippen LogP contribution in [0, 0.1) is 17.2 Å². The molecule has 7 heteroatoms. The standard InChI is InChI=1S/C15H15BrN2O4/c1-15(8-17,9-2-3-9)18-13(20)7-22-14(21)11-6-10(16)4-5-12(11)19/h4-6,9,19H,2-3,7H2,1H3,(H,18,20)/t15-/m0/s1. The average molecular weight is 367 g/mol. The van der Waals surface area contributed by atoms with Crippen LogP contribution < -0.4 is 5.32 Å². The van der Waals surface area contributed by atoms with Crippen molar-refractivity contribution in [2.75, 3.05) is 6.61 Å². The first-order valence-electron chi connectivity index (χ1n) is 6.73. The summed E-state index contributed by atoms with van der Waals surface area (Å²) in [7, 11) is 0. The largest absolute Gasteiger partial charge is 0.507 e. The number of carbonyl (C=O) groups is 2. The first kappa shape index (κ1) is 16.3. The van der Waals surface area contributed by atoms with Gasteiger partial charge < -0.3 is 15.2 Å². The molecule has 0 unspecified atom stereocenters. The zero-order valence-corrected chi connectivity index (χ0v) is 13.5. The van der Waals surface area contributed by atoms with E-state index < -0.39 is 24.0 Å². The van der Waals surface area contributed by atoms with Crippen LogP contribution in [0.2, 0.25) is 0 Å². The van der Waals surface area contributed by atoms with Crippen LogP contribution in [0.4, 0.5) is 0 Å². The lowest BCUT2D eigenvalue weighted by molar-refractivity contribution is -0.125. The molecule has 1 aliphatic rings. The molecule has 1 saturated carbocycles. The number of esters is 1. The molecule has 0 heterocycles. The van der Waals surface area contributed by atoms with Crippen LogP contribution in [0.3, 0.4) is 0 Å². The Morgan fingerprint density at radius 1 is 1.55 bits per heavy atom. The second-order valence-corrected chi connectivity index (χ2v) is 6.29. The molecule has 1 fully saturated rings. The Kier molecular flexibility index (Phi) is 4.71. The topological polar surface area (TPSA) is 99.4 Å². The van der Waals surface area contributed by atoms with Crippen LogP contribution in [0.25, 0.3) is 0 Å². The van der Waals surface area contributed by atoms with Gasteiger partial charge in [0.05, 0.1) is 6.07 Å². The fourth-order valence-electron chi connectivity index (χ4n) is 2.09. The third-order valence-corrected chi connectivity index (χ3v) is 4.03. The Labute approximate surface area is 136 Å². The van der Waals surface area contributed by atoms with Crippen molar-refractivity contribution in [3.63, 3.8) is 0 Å². The van der Waals surface area contributed by atoms with Gasteiger partial charge in [0.2, 0.25) is 0 Å². The van der Waals surface area contributed by atoms with Gasteiger partial charge in [-0.05, 0) is 43.9 Å². The summed E-state index contributed by atoms with van der Waals surface area (Å²) in [6, 6.07) is 6.41. The number of carbonyl (C=O) groups excluding carboxylic acids is 2. The van der Waals surface area contributed by atoms with Crippen molar-refractivity contribution in [1.29, 1.82) is 5.26 Å². The number of nitriles is 1. The number of phenols is 1. The van der Waals surface area contributed by atoms with Gasteiger partial charge in [0.15, 0.2) is 6.61 Å². The van der Waals surface area contributed by atoms with Crippen molar-refractivity contribution >= 4 is 27.8 Å². The van der Waals surface area contributed by atoms with Crippen LogP contribution in [0.15, 0.2) is 22.7 Å². The number of hydrogen-bond donors (Lipinski definition) is 2. The normalized spacial score (nSPS) is 16.2. The predicted molar refractivity (Wildman–Crippen MR) is 81.0 cm³/mol. The fourth-order valence-corrected chi connectivity index (χ4v) is 2.45. The van der Waals surface area contributed by atoms with Gasteiger partial charge in [-0.1, -0.05) is 15.9 Å². The first-order valence-corrected chi connectivity index (χ1v) is 7.53. The number of nitrogens with zero attached hydrogens (tertiary/aromatic N) is 1. The quantitative estimate of drug-likeness (QED) is 0.777. The summed E-state index contributed by atoms with van der Waals surface area (Å²) in [6.45, 7) is 1.15. The number of hydrogen-bond acceptors (Lipinski definition) is 5. The molecule has 0 aliphatic heterocycles. The van der Waals surface area contributed by atoms with Crippen molar-refractivity contribution in [3.05, 3.63) is 28.2 Å². The maximum absolute atomic E-state index is 11.9. The number of halogens is 1. The summed E-state index contributed by atoms with van der Waals surface area (Å²) in [6.07, 6.45) is 1.80. The SMILES string of the molecule is C[C@@](C#N)(NC(=O)COC(=O)c1cc(Br)ccc1O)C1CC1. The van der Waals surface area contributed by atoms with E-state index in [4.69, 9.17) is 10.00 Å². The number of benzene rings is 1. The number of aromatic hydroxyl groups is 1. The van der Waals surface area contributed by atoms with E-state index in [1.54, 1.807) is 13.0 Å². The molecule has 2 N–H and O–H groups in total. The molecule has 22 heavy (non-hydrogen) atoms. The monoisotopic (exact) mass is 366 g/mol. The number of phenolic OH excluding ortho intramolecular Hbond substituents is 1. The van der Waals surface area contributed by atoms with E-state index in [0.717, 1.165) is 12.8 Å². The van der Waals surface area contributed by atoms with Gasteiger partial charge in [0.1, 0.15) is 16.9 Å². The van der Waals surface area contributed by atoms with E-state index in [1.165, 1.54) is 12.1 Å². The van der Waals surface area contributed by atoms with Crippen LogP contribution in [-0.4, -0.2) is 29.1 Å². The summed E-state index contributed by atoms with van der Waals surface area (Å²) in [5.74, 6) is -1.43. The second kappa shape index (κ2) is 6.36. The molecule has 0 bridgehead atoms. The number of amides is 1. The van der Waals surface area contributed by atoms with E-state index in [0.29, 0.717) is 4.47 Å². The molecular weight excluding hydrogens is 352 g/mol. The van der Waals surface area contributed by atoms with E-state index in [1.807, 2.05) is 0 Å². The molecule has 1 aromatic rings. The molecule has 0 saturated heterocycles. The van der Waals surface area contributed by atoms with Crippen molar-refractivity contribution in [2.45, 2.75) is 25.3 Å². The maximum atomic E-state index is 11.9. The van der Waals surface area contributed by atoms with Crippen LogP contribution in [0.1, 0.15) is 30.1 Å². The third-order valence-electron chi connectivity index (χ3n) is 3.54. The van der Waals surface area contributed by atoms with Crippen molar-refractivity contribution in [1.82, 2.24) is 5.32 Å². The summed E-state index contributed by atoms with van der Waals surface area (Å²) in [5, 5.41) is 21.4. The van der Waals surface area contributed by atoms with Gasteiger partial charge in [0.25, 0.3) is 5.91 Å². The molecular formula is C15H15BrN2O4. The lowest BCUT2D eigenvalue weighted by Crippen LogP contribution is -2.48. The van der Waals surface area contributed by atoms with E-state index in [2.05, 4.69) is 27.3 Å². The first-order chi connectivity index (χ1) is 10.4. The van der Waals surface area contributed by atoms with Gasteiger partial charge in [-0.3, -0.25) is 4.79 Å². The average Bonchev–Trinajstić information content (AvgIpc) is 3.32. The van der Waals surface area contributed by atoms with Gasteiger partial charge >= 0.3 is 5.97 Å². The molecule has 1 aliphatic carbocycles. The van der Waals surface area contributed by atoms with Gasteiger partial charge in [-0.25, -0.2) is 4.79 Å².